The van der Waals surface area contributed by atoms with Crippen molar-refractivity contribution in [3.63, 3.8) is 0 Å². The number of ether oxygens (including phenoxy) is 2. The Hall–Kier alpha value is -4.17. The number of imide groups is 1. The Kier molecular flexibility index (Phi) is 6.14. The van der Waals surface area contributed by atoms with Gasteiger partial charge >= 0.3 is 5.97 Å². The van der Waals surface area contributed by atoms with Gasteiger partial charge in [0.25, 0.3) is 5.91 Å². The fourth-order valence-corrected chi connectivity index (χ4v) is 6.58. The molecule has 3 aliphatic carbocycles. The molecule has 3 amide bonds. The van der Waals surface area contributed by atoms with E-state index < -0.39 is 36.4 Å². The molecule has 7 rings (SSSR count). The first-order valence-corrected chi connectivity index (χ1v) is 13.0. The minimum Gasteiger partial charge on any atom is -0.495 e. The van der Waals surface area contributed by atoms with Crippen molar-refractivity contribution in [1.82, 2.24) is 4.90 Å². The van der Waals surface area contributed by atoms with Crippen molar-refractivity contribution in [2.24, 2.45) is 11.8 Å². The van der Waals surface area contributed by atoms with E-state index in [1.165, 1.54) is 20.1 Å². The number of hydrogen-bond donors (Lipinski definition) is 1. The largest absolute Gasteiger partial charge is 0.495 e. The van der Waals surface area contributed by atoms with Crippen molar-refractivity contribution in [2.75, 3.05) is 19.0 Å². The second kappa shape index (κ2) is 9.54. The Labute approximate surface area is 229 Å². The van der Waals surface area contributed by atoms with Gasteiger partial charge in [-0.05, 0) is 47.4 Å². The topological polar surface area (TPSA) is 102 Å². The maximum absolute atomic E-state index is 13.8. The van der Waals surface area contributed by atoms with Crippen LogP contribution in [0.3, 0.4) is 0 Å². The minimum absolute atomic E-state index is 0.268. The molecular weight excluding hydrogens is 520 g/mol. The van der Waals surface area contributed by atoms with Crippen LogP contribution >= 0.6 is 11.6 Å². The lowest BCUT2D eigenvalue weighted by atomic mass is 9.55. The van der Waals surface area contributed by atoms with Gasteiger partial charge in [0.15, 0.2) is 6.61 Å². The molecule has 0 aromatic heterocycles. The van der Waals surface area contributed by atoms with Gasteiger partial charge in [0, 0.05) is 16.9 Å². The van der Waals surface area contributed by atoms with Gasteiger partial charge in [-0.1, -0.05) is 60.1 Å². The van der Waals surface area contributed by atoms with Crippen molar-refractivity contribution >= 4 is 41.0 Å². The number of esters is 1. The molecule has 9 heteroatoms. The zero-order valence-electron chi connectivity index (χ0n) is 21.2. The lowest BCUT2D eigenvalue weighted by Crippen LogP contribution is -2.45. The molecule has 0 spiro atoms. The minimum atomic E-state index is -1.19. The molecule has 1 heterocycles. The van der Waals surface area contributed by atoms with Crippen LogP contribution in [0, 0.1) is 11.8 Å². The first kappa shape index (κ1) is 25.1. The van der Waals surface area contributed by atoms with E-state index >= 15 is 0 Å². The summed E-state index contributed by atoms with van der Waals surface area (Å²) in [5, 5.41) is 2.98. The van der Waals surface area contributed by atoms with Crippen LogP contribution in [0.4, 0.5) is 5.69 Å². The molecule has 3 atom stereocenters. The van der Waals surface area contributed by atoms with E-state index in [4.69, 9.17) is 21.1 Å². The summed E-state index contributed by atoms with van der Waals surface area (Å²) in [5.41, 5.74) is 4.52. The van der Waals surface area contributed by atoms with Crippen LogP contribution in [0.1, 0.15) is 41.0 Å². The summed E-state index contributed by atoms with van der Waals surface area (Å²) in [6, 6.07) is 19.4. The van der Waals surface area contributed by atoms with Gasteiger partial charge in [-0.3, -0.25) is 19.3 Å². The summed E-state index contributed by atoms with van der Waals surface area (Å²) >= 11 is 6.00. The van der Waals surface area contributed by atoms with Gasteiger partial charge in [0.1, 0.15) is 11.8 Å². The van der Waals surface area contributed by atoms with Gasteiger partial charge in [0.2, 0.25) is 11.8 Å². The molecule has 39 heavy (non-hydrogen) atoms. The van der Waals surface area contributed by atoms with Crippen molar-refractivity contribution in [3.05, 3.63) is 94.0 Å². The summed E-state index contributed by atoms with van der Waals surface area (Å²) in [7, 11) is 1.45. The molecule has 1 saturated heterocycles. The Morgan fingerprint density at radius 3 is 1.90 bits per heavy atom. The number of likely N-dealkylation sites (tertiary alicyclic amines) is 1. The zero-order chi connectivity index (χ0) is 27.4. The number of rotatable bonds is 6. The molecule has 0 unspecified atom stereocenters. The molecule has 0 saturated carbocycles. The Bertz CT molecular complexity index is 1420. The molecule has 1 aliphatic heterocycles. The number of amides is 3. The second-order valence-electron chi connectivity index (χ2n) is 9.99. The zero-order valence-corrected chi connectivity index (χ0v) is 22.0. The molecule has 3 aromatic rings. The van der Waals surface area contributed by atoms with Crippen LogP contribution in [0.25, 0.3) is 0 Å². The third-order valence-electron chi connectivity index (χ3n) is 7.99. The maximum atomic E-state index is 13.8. The number of hydrogen-bond acceptors (Lipinski definition) is 6. The third kappa shape index (κ3) is 3.89. The highest BCUT2D eigenvalue weighted by molar-refractivity contribution is 6.31. The predicted molar refractivity (Wildman–Crippen MR) is 142 cm³/mol. The first-order valence-electron chi connectivity index (χ1n) is 12.7. The van der Waals surface area contributed by atoms with Crippen LogP contribution in [0.15, 0.2) is 66.7 Å². The van der Waals surface area contributed by atoms with E-state index in [9.17, 15) is 19.2 Å². The van der Waals surface area contributed by atoms with E-state index in [0.717, 1.165) is 27.2 Å². The molecule has 3 aromatic carbocycles. The van der Waals surface area contributed by atoms with E-state index in [2.05, 4.69) is 5.32 Å². The summed E-state index contributed by atoms with van der Waals surface area (Å²) in [6.07, 6.45) is 0. The molecule has 8 nitrogen and oxygen atoms in total. The number of nitrogens with zero attached hydrogens (tertiary/aromatic N) is 1. The van der Waals surface area contributed by atoms with E-state index in [0.29, 0.717) is 16.5 Å². The molecular formula is C30H25ClN2O6. The third-order valence-corrected chi connectivity index (χ3v) is 8.23. The Morgan fingerprint density at radius 2 is 1.41 bits per heavy atom. The predicted octanol–water partition coefficient (Wildman–Crippen LogP) is 4.11. The lowest BCUT2D eigenvalue weighted by Gasteiger charge is -2.45. The highest BCUT2D eigenvalue weighted by Crippen LogP contribution is 2.61. The highest BCUT2D eigenvalue weighted by Gasteiger charge is 2.62. The van der Waals surface area contributed by atoms with Gasteiger partial charge < -0.3 is 14.8 Å². The Balaban J connectivity index is 1.20. The van der Waals surface area contributed by atoms with Crippen LogP contribution in [0.5, 0.6) is 5.75 Å². The van der Waals surface area contributed by atoms with Crippen LogP contribution in [0.2, 0.25) is 5.02 Å². The number of carbonyl (C=O) groups excluding carboxylic acids is 4. The fourth-order valence-electron chi connectivity index (χ4n) is 6.41. The molecule has 4 aliphatic rings. The summed E-state index contributed by atoms with van der Waals surface area (Å²) < 4.78 is 10.4. The number of methoxy groups -OCH3 is 1. The molecule has 198 valence electrons. The quantitative estimate of drug-likeness (QED) is 0.370. The normalized spacial score (nSPS) is 23.0. The molecule has 2 bridgehead atoms. The molecule has 1 fully saturated rings. The first-order chi connectivity index (χ1) is 18.8. The van der Waals surface area contributed by atoms with Gasteiger partial charge in [-0.2, -0.15) is 0 Å². The standard InChI is InChI=1S/C30H25ClN2O6/c1-15(30(37)39-14-23(34)32-21-13-16(31)11-12-22(21)38-2)33-28(35)26-24-17-7-3-4-8-18(17)25(27(26)29(33)36)20-10-6-5-9-19(20)24/h3-13,15,24-27H,14H2,1-2H3,(H,32,34)/t15-,24?,25?,26-,27+/m1/s1. The SMILES string of the molecule is COc1ccc(Cl)cc1NC(=O)COC(=O)[C@@H](C)N1C(=O)[C@@H]2C3c4ccccc4C(c4ccccc43)[C@@H]2C1=O. The number of benzene rings is 3. The van der Waals surface area contributed by atoms with Crippen LogP contribution < -0.4 is 10.1 Å². The van der Waals surface area contributed by atoms with Gasteiger partial charge in [0.05, 0.1) is 24.6 Å². The van der Waals surface area contributed by atoms with E-state index in [-0.39, 0.29) is 23.7 Å². The highest BCUT2D eigenvalue weighted by atomic mass is 35.5. The van der Waals surface area contributed by atoms with Crippen LogP contribution in [-0.4, -0.2) is 48.3 Å². The van der Waals surface area contributed by atoms with E-state index in [1.54, 1.807) is 12.1 Å². The number of halogens is 1. The van der Waals surface area contributed by atoms with E-state index in [1.807, 2.05) is 48.5 Å². The fraction of sp³-hybridized carbons (Fsp3) is 0.267. The maximum Gasteiger partial charge on any atom is 0.329 e. The summed E-state index contributed by atoms with van der Waals surface area (Å²) in [6.45, 7) is 0.847. The van der Waals surface area contributed by atoms with Crippen molar-refractivity contribution in [2.45, 2.75) is 24.8 Å². The number of carbonyl (C=O) groups is 4. The Morgan fingerprint density at radius 1 is 0.897 bits per heavy atom. The van der Waals surface area contributed by atoms with Gasteiger partial charge in [-0.15, -0.1) is 0 Å². The van der Waals surface area contributed by atoms with Crippen molar-refractivity contribution in [3.8, 4) is 5.75 Å². The summed E-state index contributed by atoms with van der Waals surface area (Å²) in [5.74, 6) is -3.57. The number of nitrogens with one attached hydrogen (secondary N) is 1. The average molecular weight is 545 g/mol. The average Bonchev–Trinajstić information content (AvgIpc) is 3.21. The lowest BCUT2D eigenvalue weighted by molar-refractivity contribution is -0.159. The van der Waals surface area contributed by atoms with Crippen LogP contribution in [-0.2, 0) is 23.9 Å². The molecule has 1 N–H and O–H groups in total. The van der Waals surface area contributed by atoms with Gasteiger partial charge in [-0.25, -0.2) is 4.79 Å². The van der Waals surface area contributed by atoms with Crippen molar-refractivity contribution in [1.29, 1.82) is 0 Å². The second-order valence-corrected chi connectivity index (χ2v) is 10.4. The number of anilines is 1. The smallest absolute Gasteiger partial charge is 0.329 e. The monoisotopic (exact) mass is 544 g/mol. The van der Waals surface area contributed by atoms with Crippen molar-refractivity contribution < 1.29 is 28.7 Å². The molecule has 0 radical (unpaired) electrons. The summed E-state index contributed by atoms with van der Waals surface area (Å²) in [4.78, 5) is 54.1.